The van der Waals surface area contributed by atoms with Crippen molar-refractivity contribution in [2.75, 3.05) is 23.2 Å². The summed E-state index contributed by atoms with van der Waals surface area (Å²) >= 11 is 1.40. The van der Waals surface area contributed by atoms with Gasteiger partial charge in [-0.3, -0.25) is 14.4 Å². The zero-order valence-corrected chi connectivity index (χ0v) is 16.4. The third-order valence-corrected chi connectivity index (χ3v) is 7.33. The Morgan fingerprint density at radius 2 is 2.08 bits per heavy atom. The van der Waals surface area contributed by atoms with Crippen LogP contribution in [0.1, 0.15) is 32.1 Å². The molecule has 1 saturated carbocycles. The molecule has 0 aliphatic heterocycles. The molecular weight excluding hydrogens is 370 g/mol. The van der Waals surface area contributed by atoms with Gasteiger partial charge in [-0.15, -0.1) is 11.3 Å². The van der Waals surface area contributed by atoms with E-state index in [-0.39, 0.29) is 10.6 Å². The Labute approximate surface area is 160 Å². The predicted molar refractivity (Wildman–Crippen MR) is 107 cm³/mol. The molecule has 2 aromatic rings. The molecule has 1 aliphatic carbocycles. The van der Waals surface area contributed by atoms with Gasteiger partial charge >= 0.3 is 0 Å². The van der Waals surface area contributed by atoms with Crippen molar-refractivity contribution in [1.82, 2.24) is 0 Å². The van der Waals surface area contributed by atoms with Gasteiger partial charge in [-0.1, -0.05) is 25.3 Å². The highest BCUT2D eigenvalue weighted by atomic mass is 32.2. The minimum absolute atomic E-state index is 0.0216. The Kier molecular flexibility index (Phi) is 6.26. The monoisotopic (exact) mass is 393 g/mol. The van der Waals surface area contributed by atoms with Crippen LogP contribution in [0, 0.1) is 16.0 Å². The summed E-state index contributed by atoms with van der Waals surface area (Å²) in [5.41, 5.74) is 1.11. The van der Waals surface area contributed by atoms with E-state index in [1.165, 1.54) is 49.5 Å². The van der Waals surface area contributed by atoms with Crippen molar-refractivity contribution in [1.29, 1.82) is 0 Å². The molecule has 1 N–H and O–H groups in total. The summed E-state index contributed by atoms with van der Waals surface area (Å²) in [6.07, 6.45) is 6.14. The lowest BCUT2D eigenvalue weighted by atomic mass is 9.89. The number of nitro groups is 1. The smallest absolute Gasteiger partial charge is 0.294 e. The van der Waals surface area contributed by atoms with E-state index in [1.54, 1.807) is 29.6 Å². The molecule has 0 amide bonds. The molecule has 1 heterocycles. The van der Waals surface area contributed by atoms with E-state index in [0.717, 1.165) is 10.8 Å². The quantitative estimate of drug-likeness (QED) is 0.541. The lowest BCUT2D eigenvalue weighted by molar-refractivity contribution is -0.383. The van der Waals surface area contributed by atoms with Crippen molar-refractivity contribution in [3.8, 4) is 0 Å². The van der Waals surface area contributed by atoms with Crippen LogP contribution in [0.4, 0.5) is 17.1 Å². The first-order valence-electron chi connectivity index (χ1n) is 8.77. The lowest BCUT2D eigenvalue weighted by Gasteiger charge is -2.22. The van der Waals surface area contributed by atoms with Crippen LogP contribution in [0.15, 0.2) is 39.9 Å². The first kappa shape index (κ1) is 18.8. The van der Waals surface area contributed by atoms with E-state index in [0.29, 0.717) is 17.3 Å². The third kappa shape index (κ3) is 4.42. The standard InChI is InChI=1S/C18H23N3O3S2/c1-20(26(24)18-8-5-11-25-18)15-9-10-16(17(12-15)21(22)23)19-13-14-6-3-2-4-7-14/h5,8-12,14,19H,2-4,6-7,13H2,1H3. The average molecular weight is 394 g/mol. The number of nitrogens with one attached hydrogen (secondary N) is 1. The zero-order valence-electron chi connectivity index (χ0n) is 14.7. The van der Waals surface area contributed by atoms with Gasteiger partial charge in [0.2, 0.25) is 0 Å². The molecule has 3 rings (SSSR count). The van der Waals surface area contributed by atoms with Crippen molar-refractivity contribution in [2.45, 2.75) is 36.3 Å². The minimum atomic E-state index is -1.37. The molecule has 1 unspecified atom stereocenters. The van der Waals surface area contributed by atoms with Gasteiger partial charge in [0.25, 0.3) is 5.69 Å². The molecule has 140 valence electrons. The Morgan fingerprint density at radius 3 is 2.73 bits per heavy atom. The van der Waals surface area contributed by atoms with Gasteiger partial charge in [0.1, 0.15) is 9.90 Å². The first-order chi connectivity index (χ1) is 12.6. The third-order valence-electron chi connectivity index (χ3n) is 4.76. The summed E-state index contributed by atoms with van der Waals surface area (Å²) in [6, 6.07) is 8.63. The van der Waals surface area contributed by atoms with E-state index in [4.69, 9.17) is 0 Å². The second-order valence-corrected chi connectivity index (χ2v) is 9.21. The van der Waals surface area contributed by atoms with Gasteiger partial charge in [0.15, 0.2) is 11.0 Å². The Morgan fingerprint density at radius 1 is 1.31 bits per heavy atom. The van der Waals surface area contributed by atoms with Crippen LogP contribution in [0.3, 0.4) is 0 Å². The maximum atomic E-state index is 12.6. The number of nitrogens with zero attached hydrogens (tertiary/aromatic N) is 2. The van der Waals surface area contributed by atoms with Crippen LogP contribution < -0.4 is 9.62 Å². The van der Waals surface area contributed by atoms with Crippen LogP contribution in [0.2, 0.25) is 0 Å². The maximum absolute atomic E-state index is 12.6. The van der Waals surface area contributed by atoms with Gasteiger partial charge in [-0.25, -0.2) is 4.21 Å². The topological polar surface area (TPSA) is 75.5 Å². The highest BCUT2D eigenvalue weighted by molar-refractivity contribution is 7.88. The van der Waals surface area contributed by atoms with Gasteiger partial charge in [-0.05, 0) is 42.3 Å². The molecule has 26 heavy (non-hydrogen) atoms. The number of hydrogen-bond acceptors (Lipinski definition) is 5. The molecular formula is C18H23N3O3S2. The van der Waals surface area contributed by atoms with E-state index < -0.39 is 11.0 Å². The Balaban J connectivity index is 1.75. The highest BCUT2D eigenvalue weighted by Gasteiger charge is 2.20. The predicted octanol–water partition coefficient (Wildman–Crippen LogP) is 4.81. The molecule has 1 aromatic heterocycles. The van der Waals surface area contributed by atoms with Crippen LogP contribution in [0.25, 0.3) is 0 Å². The molecule has 1 atom stereocenters. The molecule has 1 fully saturated rings. The maximum Gasteiger partial charge on any atom is 0.294 e. The van der Waals surface area contributed by atoms with Crippen LogP contribution in [-0.2, 0) is 11.0 Å². The lowest BCUT2D eigenvalue weighted by Crippen LogP contribution is -2.20. The molecule has 1 aromatic carbocycles. The fourth-order valence-corrected chi connectivity index (χ4v) is 5.31. The van der Waals surface area contributed by atoms with Crippen LogP contribution >= 0.6 is 11.3 Å². The van der Waals surface area contributed by atoms with Crippen molar-refractivity contribution in [2.24, 2.45) is 5.92 Å². The SMILES string of the molecule is CN(c1ccc(NCC2CCCCC2)c([N+](=O)[O-])c1)S(=O)c1cccs1. The van der Waals surface area contributed by atoms with Crippen LogP contribution in [-0.4, -0.2) is 22.7 Å². The van der Waals surface area contributed by atoms with Crippen molar-refractivity contribution in [3.63, 3.8) is 0 Å². The van der Waals surface area contributed by atoms with E-state index >= 15 is 0 Å². The summed E-state index contributed by atoms with van der Waals surface area (Å²) in [5.74, 6) is 0.581. The number of thiophene rings is 1. The van der Waals surface area contributed by atoms with E-state index in [1.807, 2.05) is 11.4 Å². The zero-order chi connectivity index (χ0) is 18.5. The largest absolute Gasteiger partial charge is 0.379 e. The molecule has 8 heteroatoms. The second-order valence-electron chi connectivity index (χ2n) is 6.52. The average Bonchev–Trinajstić information content (AvgIpc) is 3.20. The molecule has 0 saturated heterocycles. The minimum Gasteiger partial charge on any atom is -0.379 e. The Hall–Kier alpha value is -1.93. The molecule has 1 aliphatic rings. The van der Waals surface area contributed by atoms with Gasteiger partial charge in [-0.2, -0.15) is 0 Å². The summed E-state index contributed by atoms with van der Waals surface area (Å²) in [7, 11) is 0.310. The summed E-state index contributed by atoms with van der Waals surface area (Å²) in [4.78, 5) is 11.1. The number of benzene rings is 1. The van der Waals surface area contributed by atoms with Gasteiger partial charge in [0.05, 0.1) is 10.6 Å². The summed E-state index contributed by atoms with van der Waals surface area (Å²) < 4.78 is 14.8. The fraction of sp³-hybridized carbons (Fsp3) is 0.444. The summed E-state index contributed by atoms with van der Waals surface area (Å²) in [6.45, 7) is 0.761. The number of rotatable bonds is 7. The van der Waals surface area contributed by atoms with E-state index in [9.17, 15) is 14.3 Å². The van der Waals surface area contributed by atoms with Crippen molar-refractivity contribution >= 4 is 39.4 Å². The summed E-state index contributed by atoms with van der Waals surface area (Å²) in [5, 5.41) is 16.6. The van der Waals surface area contributed by atoms with Crippen molar-refractivity contribution in [3.05, 3.63) is 45.8 Å². The second kappa shape index (κ2) is 8.64. The molecule has 0 radical (unpaired) electrons. The molecule has 0 bridgehead atoms. The highest BCUT2D eigenvalue weighted by Crippen LogP contribution is 2.32. The van der Waals surface area contributed by atoms with Crippen LogP contribution in [0.5, 0.6) is 0 Å². The number of hydrogen-bond donors (Lipinski definition) is 1. The normalized spacial score (nSPS) is 16.2. The van der Waals surface area contributed by atoms with Crippen molar-refractivity contribution < 1.29 is 9.13 Å². The first-order valence-corrected chi connectivity index (χ1v) is 10.8. The number of anilines is 2. The van der Waals surface area contributed by atoms with Gasteiger partial charge in [0, 0.05) is 19.7 Å². The van der Waals surface area contributed by atoms with E-state index in [2.05, 4.69) is 5.32 Å². The molecule has 0 spiro atoms. The Bertz CT molecular complexity index is 774. The number of nitro benzene ring substituents is 1. The fourth-order valence-electron chi connectivity index (χ4n) is 3.26. The van der Waals surface area contributed by atoms with Gasteiger partial charge < -0.3 is 5.32 Å². The molecule has 6 nitrogen and oxygen atoms in total.